The second-order valence-electron chi connectivity index (χ2n) is 8.19. The molecule has 0 saturated carbocycles. The number of morpholine rings is 1. The number of aryl methyl sites for hydroxylation is 2. The third-order valence-corrected chi connectivity index (χ3v) is 5.90. The fourth-order valence-corrected chi connectivity index (χ4v) is 4.35. The molecule has 0 spiro atoms. The molecule has 1 aliphatic rings. The molecule has 0 bridgehead atoms. The van der Waals surface area contributed by atoms with E-state index in [9.17, 15) is 0 Å². The number of nitrogens with zero attached hydrogens (tertiary/aromatic N) is 4. The fourth-order valence-electron chi connectivity index (χ4n) is 4.35. The molecule has 7 heteroatoms. The first-order chi connectivity index (χ1) is 15.6. The van der Waals surface area contributed by atoms with Gasteiger partial charge in [0.1, 0.15) is 17.3 Å². The van der Waals surface area contributed by atoms with Gasteiger partial charge < -0.3 is 9.64 Å². The van der Waals surface area contributed by atoms with E-state index in [0.717, 1.165) is 65.2 Å². The summed E-state index contributed by atoms with van der Waals surface area (Å²) in [6, 6.07) is 11.5. The molecule has 0 atom stereocenters. The smallest absolute Gasteiger partial charge is 0.133 e. The molecule has 5 rings (SSSR count). The van der Waals surface area contributed by atoms with Crippen molar-refractivity contribution < 1.29 is 9.13 Å². The number of hydrogen-bond donors (Lipinski definition) is 1. The fraction of sp³-hybridized carbons (Fsp3) is 0.320. The lowest BCUT2D eigenvalue weighted by Crippen LogP contribution is -2.36. The van der Waals surface area contributed by atoms with Gasteiger partial charge in [0.25, 0.3) is 0 Å². The van der Waals surface area contributed by atoms with E-state index in [2.05, 4.69) is 33.1 Å². The number of ether oxygens (including phenoxy) is 1. The minimum atomic E-state index is -0.238. The highest BCUT2D eigenvalue weighted by atomic mass is 19.1. The van der Waals surface area contributed by atoms with Gasteiger partial charge in [0.15, 0.2) is 0 Å². The first-order valence-corrected chi connectivity index (χ1v) is 11.1. The van der Waals surface area contributed by atoms with Crippen molar-refractivity contribution in [3.63, 3.8) is 0 Å². The highest BCUT2D eigenvalue weighted by Crippen LogP contribution is 2.32. The van der Waals surface area contributed by atoms with Crippen molar-refractivity contribution in [2.45, 2.75) is 26.7 Å². The molecule has 1 fully saturated rings. The molecule has 3 aromatic heterocycles. The van der Waals surface area contributed by atoms with Crippen molar-refractivity contribution in [2.24, 2.45) is 0 Å². The van der Waals surface area contributed by atoms with Gasteiger partial charge in [0.05, 0.1) is 36.3 Å². The summed E-state index contributed by atoms with van der Waals surface area (Å²) < 4.78 is 20.5. The number of aromatic nitrogens is 4. The zero-order valence-electron chi connectivity index (χ0n) is 18.4. The maximum absolute atomic E-state index is 15.0. The number of nitrogens with one attached hydrogen (secondary N) is 1. The SMILES string of the molecule is CCCc1cc(C)c(-c2cc3c(-c4cccc(N5CCOCC5)n4)n[nH]c3cn2)c(F)c1. The Morgan fingerprint density at radius 3 is 2.75 bits per heavy atom. The van der Waals surface area contributed by atoms with Gasteiger partial charge in [-0.3, -0.25) is 10.1 Å². The number of rotatable bonds is 5. The molecule has 32 heavy (non-hydrogen) atoms. The summed E-state index contributed by atoms with van der Waals surface area (Å²) in [6.45, 7) is 7.07. The summed E-state index contributed by atoms with van der Waals surface area (Å²) in [7, 11) is 0. The Labute approximate surface area is 186 Å². The Morgan fingerprint density at radius 2 is 1.97 bits per heavy atom. The van der Waals surface area contributed by atoms with Crippen LogP contribution in [0.1, 0.15) is 24.5 Å². The van der Waals surface area contributed by atoms with Crippen molar-refractivity contribution in [3.8, 4) is 22.6 Å². The lowest BCUT2D eigenvalue weighted by Gasteiger charge is -2.27. The third kappa shape index (κ3) is 3.84. The Hall–Kier alpha value is -3.32. The lowest BCUT2D eigenvalue weighted by atomic mass is 9.98. The summed E-state index contributed by atoms with van der Waals surface area (Å²) in [5.74, 6) is 0.669. The van der Waals surface area contributed by atoms with Crippen LogP contribution in [0.15, 0.2) is 42.6 Å². The normalized spacial score (nSPS) is 14.3. The van der Waals surface area contributed by atoms with E-state index in [1.165, 1.54) is 0 Å². The minimum absolute atomic E-state index is 0.238. The summed E-state index contributed by atoms with van der Waals surface area (Å²) in [6.07, 6.45) is 3.56. The first kappa shape index (κ1) is 20.6. The van der Waals surface area contributed by atoms with E-state index in [1.807, 2.05) is 31.2 Å². The lowest BCUT2D eigenvalue weighted by molar-refractivity contribution is 0.122. The van der Waals surface area contributed by atoms with Crippen LogP contribution in [-0.2, 0) is 11.2 Å². The van der Waals surface area contributed by atoms with Crippen molar-refractivity contribution in [3.05, 3.63) is 59.5 Å². The Bertz CT molecular complexity index is 1240. The number of H-pyrrole nitrogens is 1. The molecule has 0 amide bonds. The number of fused-ring (bicyclic) bond motifs is 1. The number of aromatic amines is 1. The second kappa shape index (κ2) is 8.67. The number of hydrogen-bond acceptors (Lipinski definition) is 5. The summed E-state index contributed by atoms with van der Waals surface area (Å²) in [4.78, 5) is 11.6. The summed E-state index contributed by atoms with van der Waals surface area (Å²) in [5, 5.41) is 8.42. The number of pyridine rings is 2. The molecule has 1 aromatic carbocycles. The van der Waals surface area contributed by atoms with Gasteiger partial charge in [-0.25, -0.2) is 9.37 Å². The van der Waals surface area contributed by atoms with Gasteiger partial charge in [-0.1, -0.05) is 25.5 Å². The van der Waals surface area contributed by atoms with Crippen LogP contribution in [0.4, 0.5) is 10.2 Å². The number of benzene rings is 1. The molecule has 1 saturated heterocycles. The highest BCUT2D eigenvalue weighted by molar-refractivity contribution is 5.94. The molecular weight excluding hydrogens is 405 g/mol. The van der Waals surface area contributed by atoms with E-state index in [4.69, 9.17) is 9.72 Å². The topological polar surface area (TPSA) is 66.9 Å². The van der Waals surface area contributed by atoms with E-state index >= 15 is 4.39 Å². The maximum Gasteiger partial charge on any atom is 0.133 e. The predicted molar refractivity (Wildman–Crippen MR) is 124 cm³/mol. The number of halogens is 1. The highest BCUT2D eigenvalue weighted by Gasteiger charge is 2.18. The van der Waals surface area contributed by atoms with E-state index in [1.54, 1.807) is 12.3 Å². The molecule has 0 aliphatic carbocycles. The summed E-state index contributed by atoms with van der Waals surface area (Å²) >= 11 is 0. The molecule has 1 N–H and O–H groups in total. The van der Waals surface area contributed by atoms with Crippen molar-refractivity contribution >= 4 is 16.7 Å². The van der Waals surface area contributed by atoms with Crippen LogP contribution in [0.25, 0.3) is 33.5 Å². The van der Waals surface area contributed by atoms with Gasteiger partial charge in [-0.15, -0.1) is 0 Å². The standard InChI is InChI=1S/C25H26FN5O/c1-3-5-17-12-16(2)24(19(26)13-17)21-14-18-22(15-27-21)29-30-25(18)20-6-4-7-23(28-20)31-8-10-32-11-9-31/h4,6-7,12-15H,3,5,8-11H2,1-2H3,(H,29,30). The van der Waals surface area contributed by atoms with Gasteiger partial charge in [-0.05, 0) is 48.7 Å². The monoisotopic (exact) mass is 431 g/mol. The average molecular weight is 432 g/mol. The average Bonchev–Trinajstić information content (AvgIpc) is 3.23. The molecule has 4 heterocycles. The largest absolute Gasteiger partial charge is 0.378 e. The Balaban J connectivity index is 1.56. The van der Waals surface area contributed by atoms with Crippen LogP contribution in [0.3, 0.4) is 0 Å². The van der Waals surface area contributed by atoms with Gasteiger partial charge in [0.2, 0.25) is 0 Å². The quantitative estimate of drug-likeness (QED) is 0.486. The molecular formula is C25H26FN5O. The van der Waals surface area contributed by atoms with Crippen LogP contribution in [0, 0.1) is 12.7 Å². The predicted octanol–water partition coefficient (Wildman–Crippen LogP) is 4.92. The van der Waals surface area contributed by atoms with Crippen LogP contribution in [0.2, 0.25) is 0 Å². The zero-order valence-corrected chi connectivity index (χ0v) is 18.4. The van der Waals surface area contributed by atoms with Crippen molar-refractivity contribution in [1.82, 2.24) is 20.2 Å². The van der Waals surface area contributed by atoms with Crippen LogP contribution >= 0.6 is 0 Å². The van der Waals surface area contributed by atoms with Crippen molar-refractivity contribution in [2.75, 3.05) is 31.2 Å². The maximum atomic E-state index is 15.0. The Morgan fingerprint density at radius 1 is 1.12 bits per heavy atom. The molecule has 0 radical (unpaired) electrons. The first-order valence-electron chi connectivity index (χ1n) is 11.1. The van der Waals surface area contributed by atoms with Crippen molar-refractivity contribution in [1.29, 1.82) is 0 Å². The molecule has 4 aromatic rings. The van der Waals surface area contributed by atoms with Gasteiger partial charge >= 0.3 is 0 Å². The van der Waals surface area contributed by atoms with Gasteiger partial charge in [-0.2, -0.15) is 5.10 Å². The summed E-state index contributed by atoms with van der Waals surface area (Å²) in [5.41, 5.74) is 5.34. The van der Waals surface area contributed by atoms with E-state index in [-0.39, 0.29) is 5.82 Å². The number of anilines is 1. The van der Waals surface area contributed by atoms with Gasteiger partial charge in [0, 0.05) is 24.0 Å². The van der Waals surface area contributed by atoms with Crippen LogP contribution in [-0.4, -0.2) is 46.5 Å². The van der Waals surface area contributed by atoms with Crippen LogP contribution < -0.4 is 4.90 Å². The minimum Gasteiger partial charge on any atom is -0.378 e. The van der Waals surface area contributed by atoms with Crippen LogP contribution in [0.5, 0.6) is 0 Å². The zero-order chi connectivity index (χ0) is 22.1. The molecule has 1 aliphatic heterocycles. The molecule has 6 nitrogen and oxygen atoms in total. The van der Waals surface area contributed by atoms with E-state index < -0.39 is 0 Å². The second-order valence-corrected chi connectivity index (χ2v) is 8.19. The third-order valence-electron chi connectivity index (χ3n) is 5.90. The van der Waals surface area contributed by atoms with E-state index in [0.29, 0.717) is 24.5 Å². The molecule has 164 valence electrons. The Kier molecular flexibility index (Phi) is 5.57. The molecule has 0 unspecified atom stereocenters.